The Bertz CT molecular complexity index is 1020. The number of thioether (sulfide) groups is 1. The number of rotatable bonds is 8. The zero-order valence-corrected chi connectivity index (χ0v) is 19.8. The van der Waals surface area contributed by atoms with E-state index in [4.69, 9.17) is 14.3 Å². The summed E-state index contributed by atoms with van der Waals surface area (Å²) in [6.45, 7) is 4.57. The first-order valence-corrected chi connectivity index (χ1v) is 11.6. The minimum atomic E-state index is -1.30. The predicted molar refractivity (Wildman–Crippen MR) is 117 cm³/mol. The van der Waals surface area contributed by atoms with Gasteiger partial charge in [0.05, 0.1) is 18.4 Å². The number of nitrogens with zero attached hydrogens (tertiary/aromatic N) is 3. The largest absolute Gasteiger partial charge is 0.498 e. The summed E-state index contributed by atoms with van der Waals surface area (Å²) in [4.78, 5) is 59.1. The Morgan fingerprint density at radius 1 is 1.36 bits per heavy atom. The Morgan fingerprint density at radius 2 is 2.09 bits per heavy atom. The van der Waals surface area contributed by atoms with E-state index in [0.717, 1.165) is 4.90 Å². The van der Waals surface area contributed by atoms with Gasteiger partial charge in [-0.2, -0.15) is 0 Å². The number of β-lactam (4-membered cyclic amide) rings is 1. The van der Waals surface area contributed by atoms with E-state index < -0.39 is 47.4 Å². The quantitative estimate of drug-likeness (QED) is 0.224. The van der Waals surface area contributed by atoms with Crippen LogP contribution >= 0.6 is 23.1 Å². The van der Waals surface area contributed by atoms with Crippen LogP contribution < -0.4 is 5.32 Å². The SMILES string of the molecule is COC1=C(C(=O)O)N2C(=O)C(NC(=O)/C(=N\OCC(=O)OC(C)(C)C)c3cscn3)[C@H]2SC1. The van der Waals surface area contributed by atoms with Gasteiger partial charge < -0.3 is 24.7 Å². The molecule has 2 aliphatic rings. The number of fused-ring (bicyclic) bond motifs is 1. The lowest BCUT2D eigenvalue weighted by molar-refractivity contribution is -0.160. The highest BCUT2D eigenvalue weighted by Gasteiger charge is 2.55. The van der Waals surface area contributed by atoms with E-state index >= 15 is 0 Å². The van der Waals surface area contributed by atoms with Gasteiger partial charge in [0, 0.05) is 5.38 Å². The smallest absolute Gasteiger partial charge is 0.356 e. The summed E-state index contributed by atoms with van der Waals surface area (Å²) in [6.07, 6.45) is 0. The van der Waals surface area contributed by atoms with Gasteiger partial charge in [-0.1, -0.05) is 5.16 Å². The normalized spacial score (nSPS) is 20.5. The zero-order chi connectivity index (χ0) is 24.3. The number of carboxylic acids is 1. The van der Waals surface area contributed by atoms with Gasteiger partial charge in [-0.25, -0.2) is 14.6 Å². The van der Waals surface area contributed by atoms with Crippen LogP contribution in [0.3, 0.4) is 0 Å². The number of hydrogen-bond acceptors (Lipinski definition) is 11. The monoisotopic (exact) mass is 498 g/mol. The minimum Gasteiger partial charge on any atom is -0.498 e. The Labute approximate surface area is 196 Å². The molecule has 33 heavy (non-hydrogen) atoms. The fourth-order valence-electron chi connectivity index (χ4n) is 3.01. The number of amides is 2. The van der Waals surface area contributed by atoms with Crippen molar-refractivity contribution in [3.05, 3.63) is 28.0 Å². The van der Waals surface area contributed by atoms with Gasteiger partial charge >= 0.3 is 11.9 Å². The number of hydrogen-bond donors (Lipinski definition) is 2. The van der Waals surface area contributed by atoms with Gasteiger partial charge in [0.2, 0.25) is 6.61 Å². The van der Waals surface area contributed by atoms with E-state index in [0.29, 0.717) is 0 Å². The molecule has 0 aromatic carbocycles. The van der Waals surface area contributed by atoms with Crippen molar-refractivity contribution in [2.45, 2.75) is 37.8 Å². The molecule has 1 fully saturated rings. The number of nitrogens with one attached hydrogen (secondary N) is 1. The van der Waals surface area contributed by atoms with Gasteiger partial charge in [0.15, 0.2) is 11.4 Å². The summed E-state index contributed by atoms with van der Waals surface area (Å²) >= 11 is 2.47. The molecule has 0 saturated carbocycles. The van der Waals surface area contributed by atoms with Crippen LogP contribution in [0.2, 0.25) is 0 Å². The topological polar surface area (TPSA) is 157 Å². The molecule has 0 bridgehead atoms. The number of oxime groups is 1. The maximum absolute atomic E-state index is 12.9. The lowest BCUT2D eigenvalue weighted by Crippen LogP contribution is -2.71. The van der Waals surface area contributed by atoms with E-state index in [-0.39, 0.29) is 28.6 Å². The number of aromatic nitrogens is 1. The molecule has 1 saturated heterocycles. The molecule has 2 atom stereocenters. The van der Waals surface area contributed by atoms with E-state index in [2.05, 4.69) is 15.5 Å². The molecule has 0 spiro atoms. The third kappa shape index (κ3) is 5.45. The van der Waals surface area contributed by atoms with Crippen molar-refractivity contribution < 1.29 is 38.6 Å². The standard InChI is InChI=1S/C19H22N4O8S2/c1-19(2,3)31-11(24)5-30-22-12(9-6-32-8-20-9)15(25)21-13-16(26)23-14(18(27)28)10(29-4)7-33-17(13)23/h6,8,13,17H,5,7H2,1-4H3,(H,21,25)(H,27,28)/b22-12-/t13?,17-/m1/s1. The second kappa shape index (κ2) is 9.79. The number of thiazole rings is 1. The lowest BCUT2D eigenvalue weighted by Gasteiger charge is -2.48. The molecule has 178 valence electrons. The molecule has 1 unspecified atom stereocenters. The van der Waals surface area contributed by atoms with Gasteiger partial charge in [-0.15, -0.1) is 23.1 Å². The second-order valence-corrected chi connectivity index (χ2v) is 9.64. The third-order valence-electron chi connectivity index (χ3n) is 4.32. The molecule has 2 amide bonds. The molecule has 0 radical (unpaired) electrons. The zero-order valence-electron chi connectivity index (χ0n) is 18.2. The molecule has 0 aliphatic carbocycles. The maximum atomic E-state index is 12.9. The van der Waals surface area contributed by atoms with Crippen molar-refractivity contribution in [2.75, 3.05) is 19.5 Å². The number of methoxy groups -OCH3 is 1. The van der Waals surface area contributed by atoms with Crippen LogP contribution in [0.4, 0.5) is 0 Å². The number of carbonyl (C=O) groups excluding carboxylic acids is 3. The van der Waals surface area contributed by atoms with Crippen LogP contribution in [0.25, 0.3) is 0 Å². The second-order valence-electron chi connectivity index (χ2n) is 7.82. The Balaban J connectivity index is 1.71. The van der Waals surface area contributed by atoms with Gasteiger partial charge in [-0.05, 0) is 20.8 Å². The summed E-state index contributed by atoms with van der Waals surface area (Å²) < 4.78 is 10.2. The summed E-state index contributed by atoms with van der Waals surface area (Å²) in [5.74, 6) is -2.93. The van der Waals surface area contributed by atoms with Crippen molar-refractivity contribution in [2.24, 2.45) is 5.16 Å². The first-order chi connectivity index (χ1) is 15.5. The summed E-state index contributed by atoms with van der Waals surface area (Å²) in [5, 5.41) is 16.7. The molecule has 3 rings (SSSR count). The summed E-state index contributed by atoms with van der Waals surface area (Å²) in [6, 6.07) is -0.982. The van der Waals surface area contributed by atoms with Crippen LogP contribution in [-0.2, 0) is 33.5 Å². The van der Waals surface area contributed by atoms with E-state index in [1.165, 1.54) is 35.7 Å². The van der Waals surface area contributed by atoms with Gasteiger partial charge in [-0.3, -0.25) is 14.5 Å². The molecule has 1 aromatic heterocycles. The summed E-state index contributed by atoms with van der Waals surface area (Å²) in [7, 11) is 1.33. The number of aliphatic carboxylic acids is 1. The molecule has 14 heteroatoms. The average Bonchev–Trinajstić information content (AvgIpc) is 3.26. The van der Waals surface area contributed by atoms with Crippen molar-refractivity contribution in [3.63, 3.8) is 0 Å². The first kappa shape index (κ1) is 24.5. The lowest BCUT2D eigenvalue weighted by atomic mass is 10.0. The van der Waals surface area contributed by atoms with E-state index in [1.807, 2.05) is 0 Å². The third-order valence-corrected chi connectivity index (χ3v) is 6.16. The molecule has 2 N–H and O–H groups in total. The van der Waals surface area contributed by atoms with Crippen molar-refractivity contribution in [1.82, 2.24) is 15.2 Å². The fraction of sp³-hybridized carbons (Fsp3) is 0.474. The highest BCUT2D eigenvalue weighted by Crippen LogP contribution is 2.40. The molecule has 2 aliphatic heterocycles. The molecule has 1 aromatic rings. The van der Waals surface area contributed by atoms with Crippen molar-refractivity contribution in [3.8, 4) is 0 Å². The Hall–Kier alpha value is -3.13. The molecular formula is C19H22N4O8S2. The highest BCUT2D eigenvalue weighted by atomic mass is 32.2. The number of esters is 1. The summed E-state index contributed by atoms with van der Waals surface area (Å²) in [5.41, 5.74) is 0.480. The number of carbonyl (C=O) groups is 4. The molecular weight excluding hydrogens is 476 g/mol. The van der Waals surface area contributed by atoms with Gasteiger partial charge in [0.25, 0.3) is 11.8 Å². The maximum Gasteiger partial charge on any atom is 0.356 e. The molecule has 12 nitrogen and oxygen atoms in total. The van der Waals surface area contributed by atoms with Gasteiger partial charge in [0.1, 0.15) is 28.5 Å². The predicted octanol–water partition coefficient (Wildman–Crippen LogP) is 0.548. The van der Waals surface area contributed by atoms with Crippen molar-refractivity contribution in [1.29, 1.82) is 0 Å². The Kier molecular flexibility index (Phi) is 7.27. The van der Waals surface area contributed by atoms with Crippen LogP contribution in [0, 0.1) is 0 Å². The molecule has 3 heterocycles. The van der Waals surface area contributed by atoms with Crippen LogP contribution in [-0.4, -0.2) is 80.9 Å². The van der Waals surface area contributed by atoms with Crippen LogP contribution in [0.15, 0.2) is 27.5 Å². The number of ether oxygens (including phenoxy) is 2. The van der Waals surface area contributed by atoms with Crippen LogP contribution in [0.5, 0.6) is 0 Å². The fourth-order valence-corrected chi connectivity index (χ4v) is 4.86. The van der Waals surface area contributed by atoms with E-state index in [9.17, 15) is 24.3 Å². The minimum absolute atomic E-state index is 0.169. The number of carboxylic acid groups (broad SMARTS) is 1. The highest BCUT2D eigenvalue weighted by molar-refractivity contribution is 8.00. The van der Waals surface area contributed by atoms with Crippen LogP contribution in [0.1, 0.15) is 26.5 Å². The Morgan fingerprint density at radius 3 is 2.67 bits per heavy atom. The van der Waals surface area contributed by atoms with E-state index in [1.54, 1.807) is 26.2 Å². The van der Waals surface area contributed by atoms with Crippen molar-refractivity contribution >= 4 is 52.6 Å². The average molecular weight is 499 g/mol. The first-order valence-electron chi connectivity index (χ1n) is 9.60.